The van der Waals surface area contributed by atoms with Crippen molar-refractivity contribution in [3.63, 3.8) is 0 Å². The molecule has 0 saturated heterocycles. The number of carbonyl (C=O) groups excluding carboxylic acids is 1. The van der Waals surface area contributed by atoms with Gasteiger partial charge in [0.05, 0.1) is 5.69 Å². The lowest BCUT2D eigenvalue weighted by atomic mass is 10.2. The van der Waals surface area contributed by atoms with E-state index in [0.717, 1.165) is 12.1 Å². The van der Waals surface area contributed by atoms with Crippen LogP contribution < -0.4 is 10.6 Å². The zero-order valence-electron chi connectivity index (χ0n) is 14.3. The van der Waals surface area contributed by atoms with Crippen molar-refractivity contribution in [3.05, 3.63) is 65.5 Å². The van der Waals surface area contributed by atoms with Gasteiger partial charge in [-0.2, -0.15) is 0 Å². The van der Waals surface area contributed by atoms with Crippen LogP contribution in [-0.4, -0.2) is 30.6 Å². The van der Waals surface area contributed by atoms with Crippen molar-refractivity contribution in [1.29, 1.82) is 0 Å². The van der Waals surface area contributed by atoms with E-state index in [1.54, 1.807) is 12.1 Å². The quantitative estimate of drug-likeness (QED) is 0.847. The fourth-order valence-corrected chi connectivity index (χ4v) is 2.59. The number of nitrogens with one attached hydrogen (secondary N) is 2. The minimum atomic E-state index is -0.440. The summed E-state index contributed by atoms with van der Waals surface area (Å²) in [5.74, 6) is -0.440. The third-order valence-electron chi connectivity index (χ3n) is 3.63. The Bertz CT molecular complexity index is 676. The molecule has 0 heterocycles. The average molecular weight is 329 g/mol. The number of amides is 2. The number of rotatable bonds is 6. The van der Waals surface area contributed by atoms with E-state index < -0.39 is 11.8 Å². The molecular weight excluding hydrogens is 305 g/mol. The topological polar surface area (TPSA) is 44.4 Å². The fourth-order valence-electron chi connectivity index (χ4n) is 2.59. The highest BCUT2D eigenvalue weighted by atomic mass is 19.1. The molecule has 2 N–H and O–H groups in total. The van der Waals surface area contributed by atoms with Gasteiger partial charge in [-0.3, -0.25) is 0 Å². The molecule has 5 heteroatoms. The molecule has 0 radical (unpaired) electrons. The van der Waals surface area contributed by atoms with Crippen LogP contribution in [0.25, 0.3) is 0 Å². The van der Waals surface area contributed by atoms with E-state index in [2.05, 4.69) is 27.7 Å². The smallest absolute Gasteiger partial charge is 0.319 e. The maximum absolute atomic E-state index is 13.7. The maximum Gasteiger partial charge on any atom is 0.319 e. The second-order valence-electron chi connectivity index (χ2n) is 6.17. The van der Waals surface area contributed by atoms with Crippen LogP contribution >= 0.6 is 0 Å². The van der Waals surface area contributed by atoms with Crippen LogP contribution in [0, 0.1) is 12.7 Å². The molecule has 0 aliphatic carbocycles. The molecule has 24 heavy (non-hydrogen) atoms. The summed E-state index contributed by atoms with van der Waals surface area (Å²) in [7, 11) is 2.00. The van der Waals surface area contributed by atoms with Crippen LogP contribution in [0.3, 0.4) is 0 Å². The SMILES string of the molecule is Cc1ccc(F)c(NC(=O)N[C@H](C)CN(C)Cc2ccccc2)c1. The van der Waals surface area contributed by atoms with Crippen molar-refractivity contribution in [2.75, 3.05) is 18.9 Å². The van der Waals surface area contributed by atoms with E-state index in [-0.39, 0.29) is 11.7 Å². The second-order valence-corrected chi connectivity index (χ2v) is 6.17. The fraction of sp³-hybridized carbons (Fsp3) is 0.316. The van der Waals surface area contributed by atoms with Crippen molar-refractivity contribution < 1.29 is 9.18 Å². The predicted molar refractivity (Wildman–Crippen MR) is 95.5 cm³/mol. The van der Waals surface area contributed by atoms with Gasteiger partial charge in [-0.25, -0.2) is 9.18 Å². The minimum absolute atomic E-state index is 0.0633. The Hall–Kier alpha value is -2.40. The lowest BCUT2D eigenvalue weighted by Gasteiger charge is -2.22. The van der Waals surface area contributed by atoms with Crippen LogP contribution in [0.5, 0.6) is 0 Å². The van der Waals surface area contributed by atoms with Gasteiger partial charge < -0.3 is 15.5 Å². The first-order valence-corrected chi connectivity index (χ1v) is 8.00. The molecule has 1 atom stereocenters. The summed E-state index contributed by atoms with van der Waals surface area (Å²) in [5.41, 5.74) is 2.30. The molecule has 2 rings (SSSR count). The van der Waals surface area contributed by atoms with Gasteiger partial charge in [0, 0.05) is 19.1 Å². The summed E-state index contributed by atoms with van der Waals surface area (Å²) in [5, 5.41) is 5.39. The lowest BCUT2D eigenvalue weighted by molar-refractivity contribution is 0.241. The van der Waals surface area contributed by atoms with Crippen LogP contribution in [0.15, 0.2) is 48.5 Å². The third kappa shape index (κ3) is 5.66. The molecule has 4 nitrogen and oxygen atoms in total. The molecule has 0 aliphatic heterocycles. The van der Waals surface area contributed by atoms with Crippen molar-refractivity contribution >= 4 is 11.7 Å². The molecule has 0 bridgehead atoms. The number of benzene rings is 2. The van der Waals surface area contributed by atoms with Crippen molar-refractivity contribution in [1.82, 2.24) is 10.2 Å². The molecule has 2 aromatic rings. The number of urea groups is 1. The summed E-state index contributed by atoms with van der Waals surface area (Å²) in [4.78, 5) is 14.2. The van der Waals surface area contributed by atoms with Gasteiger partial charge in [0.2, 0.25) is 0 Å². The van der Waals surface area contributed by atoms with E-state index in [1.807, 2.05) is 39.1 Å². The van der Waals surface area contributed by atoms with E-state index >= 15 is 0 Å². The van der Waals surface area contributed by atoms with Gasteiger partial charge in [-0.05, 0) is 44.2 Å². The summed E-state index contributed by atoms with van der Waals surface area (Å²) < 4.78 is 13.7. The highest BCUT2D eigenvalue weighted by molar-refractivity contribution is 5.89. The molecule has 128 valence electrons. The first-order chi connectivity index (χ1) is 11.4. The van der Waals surface area contributed by atoms with Gasteiger partial charge in [0.15, 0.2) is 0 Å². The molecular formula is C19H24FN3O. The second kappa shape index (κ2) is 8.45. The molecule has 0 spiro atoms. The standard InChI is InChI=1S/C19H24FN3O/c1-14-9-10-17(20)18(11-14)22-19(24)21-15(2)12-23(3)13-16-7-5-4-6-8-16/h4-11,15H,12-13H2,1-3H3,(H2,21,22,24)/t15-/m1/s1. The molecule has 0 saturated carbocycles. The number of aryl methyl sites for hydroxylation is 1. The Kier molecular flexibility index (Phi) is 6.32. The van der Waals surface area contributed by atoms with Crippen LogP contribution in [0.2, 0.25) is 0 Å². The summed E-state index contributed by atoms with van der Waals surface area (Å²) in [6.45, 7) is 5.27. The Labute approximate surface area is 142 Å². The van der Waals surface area contributed by atoms with Crippen LogP contribution in [0.4, 0.5) is 14.9 Å². The summed E-state index contributed by atoms with van der Waals surface area (Å²) in [6.07, 6.45) is 0. The molecule has 2 amide bonds. The van der Waals surface area contributed by atoms with Crippen molar-refractivity contribution in [3.8, 4) is 0 Å². The molecule has 0 unspecified atom stereocenters. The largest absolute Gasteiger partial charge is 0.334 e. The molecule has 0 aliphatic rings. The van der Waals surface area contributed by atoms with Gasteiger partial charge in [0.1, 0.15) is 5.82 Å². The lowest BCUT2D eigenvalue weighted by Crippen LogP contribution is -2.42. The van der Waals surface area contributed by atoms with Crippen LogP contribution in [-0.2, 0) is 6.54 Å². The molecule has 0 fully saturated rings. The average Bonchev–Trinajstić information content (AvgIpc) is 2.51. The van der Waals surface area contributed by atoms with Gasteiger partial charge in [-0.15, -0.1) is 0 Å². The van der Waals surface area contributed by atoms with Crippen LogP contribution in [0.1, 0.15) is 18.1 Å². The predicted octanol–water partition coefficient (Wildman–Crippen LogP) is 3.78. The van der Waals surface area contributed by atoms with Crippen molar-refractivity contribution in [2.45, 2.75) is 26.4 Å². The zero-order chi connectivity index (χ0) is 17.5. The highest BCUT2D eigenvalue weighted by Gasteiger charge is 2.12. The minimum Gasteiger partial charge on any atom is -0.334 e. The maximum atomic E-state index is 13.7. The summed E-state index contributed by atoms with van der Waals surface area (Å²) in [6, 6.07) is 14.3. The number of carbonyl (C=O) groups is 1. The molecule has 0 aromatic heterocycles. The molecule has 2 aromatic carbocycles. The monoisotopic (exact) mass is 329 g/mol. The Morgan fingerprint density at radius 2 is 1.92 bits per heavy atom. The third-order valence-corrected chi connectivity index (χ3v) is 3.63. The number of hydrogen-bond acceptors (Lipinski definition) is 2. The number of nitrogens with zero attached hydrogens (tertiary/aromatic N) is 1. The van der Waals surface area contributed by atoms with E-state index in [1.165, 1.54) is 11.6 Å². The Balaban J connectivity index is 1.82. The van der Waals surface area contributed by atoms with E-state index in [0.29, 0.717) is 6.54 Å². The van der Waals surface area contributed by atoms with Gasteiger partial charge in [-0.1, -0.05) is 36.4 Å². The number of anilines is 1. The number of hydrogen-bond donors (Lipinski definition) is 2. The first kappa shape index (κ1) is 17.9. The van der Waals surface area contributed by atoms with Crippen molar-refractivity contribution in [2.24, 2.45) is 0 Å². The van der Waals surface area contributed by atoms with Gasteiger partial charge in [0.25, 0.3) is 0 Å². The normalized spacial score (nSPS) is 12.0. The van der Waals surface area contributed by atoms with E-state index in [4.69, 9.17) is 0 Å². The number of halogens is 1. The Morgan fingerprint density at radius 1 is 1.21 bits per heavy atom. The van der Waals surface area contributed by atoms with Gasteiger partial charge >= 0.3 is 6.03 Å². The zero-order valence-corrected chi connectivity index (χ0v) is 14.3. The first-order valence-electron chi connectivity index (χ1n) is 8.00. The number of likely N-dealkylation sites (N-methyl/N-ethyl adjacent to an activating group) is 1. The highest BCUT2D eigenvalue weighted by Crippen LogP contribution is 2.15. The Morgan fingerprint density at radius 3 is 2.62 bits per heavy atom. The van der Waals surface area contributed by atoms with E-state index in [9.17, 15) is 9.18 Å². The summed E-state index contributed by atoms with van der Waals surface area (Å²) >= 11 is 0.